The van der Waals surface area contributed by atoms with Crippen molar-refractivity contribution in [3.63, 3.8) is 0 Å². The van der Waals surface area contributed by atoms with Crippen LogP contribution in [0.1, 0.15) is 12.8 Å². The highest BCUT2D eigenvalue weighted by atomic mass is 16.6. The first-order valence-corrected chi connectivity index (χ1v) is 5.31. The maximum atomic E-state index is 11.8. The molecule has 0 bridgehead atoms. The number of hydrogen-bond donors (Lipinski definition) is 2. The van der Waals surface area contributed by atoms with Gasteiger partial charge in [0.2, 0.25) is 13.1 Å². The molecule has 0 atom stereocenters. The first kappa shape index (κ1) is 16.8. The van der Waals surface area contributed by atoms with Crippen LogP contribution in [-0.2, 0) is 19.1 Å². The van der Waals surface area contributed by atoms with Gasteiger partial charge in [-0.1, -0.05) is 0 Å². The SMILES string of the molecule is [C-]#[N+]CCC(CC[N+]#[C-])(C(=O)OCO)C(=O)OCO. The van der Waals surface area contributed by atoms with Crippen LogP contribution >= 0.6 is 0 Å². The van der Waals surface area contributed by atoms with E-state index in [1.54, 1.807) is 0 Å². The Labute approximate surface area is 110 Å². The summed E-state index contributed by atoms with van der Waals surface area (Å²) in [6.07, 6.45) is -0.409. The van der Waals surface area contributed by atoms with Crippen molar-refractivity contribution in [3.8, 4) is 0 Å². The second kappa shape index (κ2) is 8.86. The van der Waals surface area contributed by atoms with Gasteiger partial charge in [0.1, 0.15) is 0 Å². The number of hydrogen-bond acceptors (Lipinski definition) is 6. The average molecular weight is 270 g/mol. The minimum Gasteiger partial charge on any atom is -0.438 e. The van der Waals surface area contributed by atoms with Gasteiger partial charge in [0.15, 0.2) is 19.0 Å². The van der Waals surface area contributed by atoms with Crippen LogP contribution in [0.15, 0.2) is 0 Å². The fourth-order valence-electron chi connectivity index (χ4n) is 1.50. The Hall–Kier alpha value is -2.16. The molecule has 0 aliphatic heterocycles. The Balaban J connectivity index is 5.31. The molecule has 0 saturated heterocycles. The Morgan fingerprint density at radius 2 is 1.32 bits per heavy atom. The van der Waals surface area contributed by atoms with Gasteiger partial charge in [-0.25, -0.2) is 13.1 Å². The molecule has 19 heavy (non-hydrogen) atoms. The monoisotopic (exact) mass is 270 g/mol. The molecule has 0 aromatic carbocycles. The van der Waals surface area contributed by atoms with Crippen LogP contribution in [0.4, 0.5) is 0 Å². The molecule has 0 amide bonds. The third kappa shape index (κ3) is 4.54. The molecule has 0 saturated carbocycles. The summed E-state index contributed by atoms with van der Waals surface area (Å²) in [6, 6.07) is 0. The van der Waals surface area contributed by atoms with E-state index < -0.39 is 30.9 Å². The lowest BCUT2D eigenvalue weighted by molar-refractivity contribution is -0.182. The van der Waals surface area contributed by atoms with Crippen molar-refractivity contribution in [2.24, 2.45) is 5.41 Å². The van der Waals surface area contributed by atoms with E-state index in [0.717, 1.165) is 0 Å². The highest BCUT2D eigenvalue weighted by Gasteiger charge is 2.50. The predicted octanol–water partition coefficient (Wildman–Crippen LogP) is -0.422. The molecule has 0 spiro atoms. The molecular formula is C11H14N2O6. The molecule has 8 nitrogen and oxygen atoms in total. The predicted molar refractivity (Wildman–Crippen MR) is 61.0 cm³/mol. The quantitative estimate of drug-likeness (QED) is 0.269. The van der Waals surface area contributed by atoms with Crippen LogP contribution in [0, 0.1) is 18.6 Å². The van der Waals surface area contributed by atoms with Gasteiger partial charge in [0.25, 0.3) is 0 Å². The Morgan fingerprint density at radius 3 is 1.58 bits per heavy atom. The van der Waals surface area contributed by atoms with Crippen molar-refractivity contribution in [1.29, 1.82) is 0 Å². The highest BCUT2D eigenvalue weighted by Crippen LogP contribution is 2.31. The molecule has 0 radical (unpaired) electrons. The summed E-state index contributed by atoms with van der Waals surface area (Å²) < 4.78 is 8.79. The zero-order valence-electron chi connectivity index (χ0n) is 10.2. The molecule has 104 valence electrons. The van der Waals surface area contributed by atoms with Gasteiger partial charge in [-0.2, -0.15) is 0 Å². The normalized spacial score (nSPS) is 10.1. The first-order valence-electron chi connectivity index (χ1n) is 5.31. The van der Waals surface area contributed by atoms with Gasteiger partial charge in [0, 0.05) is 12.8 Å². The smallest absolute Gasteiger partial charge is 0.326 e. The van der Waals surface area contributed by atoms with Gasteiger partial charge in [-0.3, -0.25) is 9.59 Å². The molecule has 0 fully saturated rings. The van der Waals surface area contributed by atoms with Crippen LogP contribution in [0.3, 0.4) is 0 Å². The van der Waals surface area contributed by atoms with Crippen LogP contribution in [0.5, 0.6) is 0 Å². The van der Waals surface area contributed by atoms with E-state index in [1.165, 1.54) is 0 Å². The van der Waals surface area contributed by atoms with Crippen molar-refractivity contribution in [3.05, 3.63) is 22.8 Å². The lowest BCUT2D eigenvalue weighted by atomic mass is 9.81. The van der Waals surface area contributed by atoms with E-state index >= 15 is 0 Å². The average Bonchev–Trinajstić information content (AvgIpc) is 2.40. The van der Waals surface area contributed by atoms with Gasteiger partial charge in [-0.15, -0.1) is 0 Å². The molecule has 0 unspecified atom stereocenters. The summed E-state index contributed by atoms with van der Waals surface area (Å²) in [5.74, 6) is -2.14. The van der Waals surface area contributed by atoms with Crippen LogP contribution < -0.4 is 0 Å². The van der Waals surface area contributed by atoms with E-state index in [9.17, 15) is 9.59 Å². The Bertz CT molecular complexity index is 357. The first-order chi connectivity index (χ1) is 9.08. The van der Waals surface area contributed by atoms with Crippen molar-refractivity contribution in [1.82, 2.24) is 0 Å². The molecule has 0 aromatic heterocycles. The Morgan fingerprint density at radius 1 is 0.947 bits per heavy atom. The molecule has 8 heteroatoms. The number of esters is 2. The van der Waals surface area contributed by atoms with Crippen LogP contribution in [0.25, 0.3) is 9.69 Å². The zero-order chi connectivity index (χ0) is 14.7. The van der Waals surface area contributed by atoms with E-state index in [4.69, 9.17) is 23.4 Å². The van der Waals surface area contributed by atoms with Crippen molar-refractivity contribution >= 4 is 11.9 Å². The lowest BCUT2D eigenvalue weighted by Crippen LogP contribution is -2.43. The maximum absolute atomic E-state index is 11.8. The largest absolute Gasteiger partial charge is 0.438 e. The molecule has 2 N–H and O–H groups in total. The van der Waals surface area contributed by atoms with Crippen molar-refractivity contribution in [2.75, 3.05) is 26.7 Å². The van der Waals surface area contributed by atoms with E-state index in [1.807, 2.05) is 0 Å². The fourth-order valence-corrected chi connectivity index (χ4v) is 1.50. The highest BCUT2D eigenvalue weighted by molar-refractivity contribution is 6.00. The number of aliphatic hydroxyl groups excluding tert-OH is 2. The maximum Gasteiger partial charge on any atom is 0.326 e. The number of rotatable bonds is 8. The van der Waals surface area contributed by atoms with E-state index in [-0.39, 0.29) is 25.9 Å². The van der Waals surface area contributed by atoms with E-state index in [2.05, 4.69) is 19.2 Å². The molecular weight excluding hydrogens is 256 g/mol. The number of aliphatic hydroxyl groups is 2. The van der Waals surface area contributed by atoms with Gasteiger partial charge in [-0.05, 0) is 0 Å². The van der Waals surface area contributed by atoms with Crippen molar-refractivity contribution < 1.29 is 29.3 Å². The summed E-state index contributed by atoms with van der Waals surface area (Å²) in [5, 5.41) is 17.2. The summed E-state index contributed by atoms with van der Waals surface area (Å²) in [5.41, 5.74) is -1.85. The Kier molecular flexibility index (Phi) is 7.85. The molecule has 0 aliphatic carbocycles. The number of carbonyl (C=O) groups excluding carboxylic acids is 2. The molecule has 0 heterocycles. The molecule has 0 rings (SSSR count). The third-order valence-electron chi connectivity index (χ3n) is 2.47. The van der Waals surface area contributed by atoms with Gasteiger partial charge in [0.05, 0.1) is 0 Å². The molecule has 0 aromatic rings. The fraction of sp³-hybridized carbons (Fsp3) is 0.636. The van der Waals surface area contributed by atoms with Crippen molar-refractivity contribution in [2.45, 2.75) is 12.8 Å². The van der Waals surface area contributed by atoms with Gasteiger partial charge >= 0.3 is 11.9 Å². The second-order valence-corrected chi connectivity index (χ2v) is 3.47. The standard InChI is InChI=1S/C11H14N2O6/c1-12-5-3-11(4-6-13-2,9(16)18-7-14)10(17)19-8-15/h14-15H,3-8H2. The van der Waals surface area contributed by atoms with Crippen LogP contribution in [-0.4, -0.2) is 48.8 Å². The minimum absolute atomic E-state index is 0.154. The zero-order valence-corrected chi connectivity index (χ0v) is 10.2. The summed E-state index contributed by atoms with van der Waals surface area (Å²) >= 11 is 0. The summed E-state index contributed by atoms with van der Waals surface area (Å²) in [6.45, 7) is 11.3. The minimum atomic E-state index is -1.85. The second-order valence-electron chi connectivity index (χ2n) is 3.47. The third-order valence-corrected chi connectivity index (χ3v) is 2.47. The number of ether oxygens (including phenoxy) is 2. The van der Waals surface area contributed by atoms with Gasteiger partial charge < -0.3 is 29.4 Å². The molecule has 0 aliphatic rings. The number of carbonyl (C=O) groups is 2. The summed E-state index contributed by atoms with van der Waals surface area (Å²) in [4.78, 5) is 29.7. The van der Waals surface area contributed by atoms with E-state index in [0.29, 0.717) is 0 Å². The summed E-state index contributed by atoms with van der Waals surface area (Å²) in [7, 11) is 0. The number of nitrogens with zero attached hydrogens (tertiary/aromatic N) is 2. The van der Waals surface area contributed by atoms with Crippen LogP contribution in [0.2, 0.25) is 0 Å². The lowest BCUT2D eigenvalue weighted by Gasteiger charge is -2.25. The topological polar surface area (TPSA) is 102 Å².